The van der Waals surface area contributed by atoms with Crippen molar-refractivity contribution in [3.8, 4) is 0 Å². The standard InChI is InChI=1S/C12H15NO2/c1-8-3-4-10(9(2)7-8)11(13)5-6-12(14)15/h3-7,11H,13H2,1-2H3,(H,14,15)/b6-5+. The monoisotopic (exact) mass is 205 g/mol. The zero-order chi connectivity index (χ0) is 11.4. The molecule has 0 heterocycles. The average molecular weight is 205 g/mol. The maximum atomic E-state index is 10.3. The third-order valence-corrected chi connectivity index (χ3v) is 2.23. The van der Waals surface area contributed by atoms with E-state index < -0.39 is 5.97 Å². The van der Waals surface area contributed by atoms with Gasteiger partial charge in [0.1, 0.15) is 0 Å². The van der Waals surface area contributed by atoms with Crippen molar-refractivity contribution in [2.75, 3.05) is 0 Å². The first-order chi connectivity index (χ1) is 7.00. The van der Waals surface area contributed by atoms with Crippen LogP contribution in [0.2, 0.25) is 0 Å². The zero-order valence-corrected chi connectivity index (χ0v) is 8.90. The summed E-state index contributed by atoms with van der Waals surface area (Å²) in [6.45, 7) is 3.98. The molecule has 3 N–H and O–H groups in total. The molecule has 0 amide bonds. The van der Waals surface area contributed by atoms with Crippen molar-refractivity contribution in [2.24, 2.45) is 5.73 Å². The Morgan fingerprint density at radius 1 is 1.47 bits per heavy atom. The zero-order valence-electron chi connectivity index (χ0n) is 8.90. The third-order valence-electron chi connectivity index (χ3n) is 2.23. The number of aliphatic carboxylic acids is 1. The van der Waals surface area contributed by atoms with Gasteiger partial charge >= 0.3 is 5.97 Å². The fourth-order valence-electron chi connectivity index (χ4n) is 1.49. The third kappa shape index (κ3) is 3.22. The number of benzene rings is 1. The van der Waals surface area contributed by atoms with E-state index in [2.05, 4.69) is 0 Å². The van der Waals surface area contributed by atoms with Crippen LogP contribution in [0.25, 0.3) is 0 Å². The van der Waals surface area contributed by atoms with Crippen molar-refractivity contribution in [3.63, 3.8) is 0 Å². The van der Waals surface area contributed by atoms with E-state index in [4.69, 9.17) is 10.8 Å². The van der Waals surface area contributed by atoms with Crippen LogP contribution < -0.4 is 5.73 Å². The van der Waals surface area contributed by atoms with Crippen LogP contribution in [0.5, 0.6) is 0 Å². The Kier molecular flexibility index (Phi) is 3.63. The Balaban J connectivity index is 2.91. The van der Waals surface area contributed by atoms with E-state index >= 15 is 0 Å². The molecule has 15 heavy (non-hydrogen) atoms. The molecule has 80 valence electrons. The first-order valence-corrected chi connectivity index (χ1v) is 4.74. The fraction of sp³-hybridized carbons (Fsp3) is 0.250. The van der Waals surface area contributed by atoms with Crippen LogP contribution in [-0.4, -0.2) is 11.1 Å². The molecule has 1 unspecified atom stereocenters. The quantitative estimate of drug-likeness (QED) is 0.741. The molecule has 0 saturated carbocycles. The van der Waals surface area contributed by atoms with Gasteiger partial charge in [-0.1, -0.05) is 29.8 Å². The normalized spacial score (nSPS) is 13.0. The molecular formula is C12H15NO2. The molecule has 1 aromatic rings. The maximum absolute atomic E-state index is 10.3. The van der Waals surface area contributed by atoms with E-state index in [0.29, 0.717) is 0 Å². The fourth-order valence-corrected chi connectivity index (χ4v) is 1.49. The molecule has 0 fully saturated rings. The van der Waals surface area contributed by atoms with Gasteiger partial charge in [-0.3, -0.25) is 0 Å². The second-order valence-corrected chi connectivity index (χ2v) is 3.58. The number of aryl methyl sites for hydroxylation is 2. The summed E-state index contributed by atoms with van der Waals surface area (Å²) in [4.78, 5) is 10.3. The summed E-state index contributed by atoms with van der Waals surface area (Å²) in [5, 5.41) is 8.48. The van der Waals surface area contributed by atoms with Crippen LogP contribution in [0, 0.1) is 13.8 Å². The summed E-state index contributed by atoms with van der Waals surface area (Å²) in [5.41, 5.74) is 9.05. The molecule has 0 aromatic heterocycles. The molecule has 0 radical (unpaired) electrons. The molecule has 0 saturated heterocycles. The van der Waals surface area contributed by atoms with Crippen LogP contribution in [0.15, 0.2) is 30.4 Å². The van der Waals surface area contributed by atoms with E-state index in [1.807, 2.05) is 32.0 Å². The smallest absolute Gasteiger partial charge is 0.328 e. The maximum Gasteiger partial charge on any atom is 0.328 e. The summed E-state index contributed by atoms with van der Waals surface area (Å²) in [7, 11) is 0. The number of hydrogen-bond acceptors (Lipinski definition) is 2. The highest BCUT2D eigenvalue weighted by Crippen LogP contribution is 2.17. The second kappa shape index (κ2) is 4.75. The lowest BCUT2D eigenvalue weighted by Crippen LogP contribution is -2.09. The number of rotatable bonds is 3. The minimum atomic E-state index is -0.977. The highest BCUT2D eigenvalue weighted by Gasteiger charge is 2.05. The van der Waals surface area contributed by atoms with Crippen LogP contribution in [0.1, 0.15) is 22.7 Å². The molecule has 1 atom stereocenters. The topological polar surface area (TPSA) is 63.3 Å². The van der Waals surface area contributed by atoms with Gasteiger partial charge in [0.15, 0.2) is 0 Å². The van der Waals surface area contributed by atoms with E-state index in [1.54, 1.807) is 0 Å². The lowest BCUT2D eigenvalue weighted by Gasteiger charge is -2.10. The summed E-state index contributed by atoms with van der Waals surface area (Å²) in [6.07, 6.45) is 2.56. The predicted molar refractivity (Wildman–Crippen MR) is 59.6 cm³/mol. The molecule has 0 bridgehead atoms. The highest BCUT2D eigenvalue weighted by atomic mass is 16.4. The minimum absolute atomic E-state index is 0.360. The van der Waals surface area contributed by atoms with E-state index in [1.165, 1.54) is 11.6 Å². The SMILES string of the molecule is Cc1ccc(C(N)/C=C/C(=O)O)c(C)c1. The molecule has 0 aliphatic carbocycles. The van der Waals surface area contributed by atoms with Gasteiger partial charge in [-0.25, -0.2) is 4.79 Å². The Labute approximate surface area is 89.2 Å². The first-order valence-electron chi connectivity index (χ1n) is 4.74. The summed E-state index contributed by atoms with van der Waals surface area (Å²) in [5.74, 6) is -0.977. The van der Waals surface area contributed by atoms with Crippen molar-refractivity contribution in [2.45, 2.75) is 19.9 Å². The summed E-state index contributed by atoms with van der Waals surface area (Å²) < 4.78 is 0. The van der Waals surface area contributed by atoms with Gasteiger partial charge in [-0.2, -0.15) is 0 Å². The van der Waals surface area contributed by atoms with Crippen molar-refractivity contribution in [3.05, 3.63) is 47.0 Å². The lowest BCUT2D eigenvalue weighted by molar-refractivity contribution is -0.131. The van der Waals surface area contributed by atoms with Gasteiger partial charge in [0.2, 0.25) is 0 Å². The predicted octanol–water partition coefficient (Wildman–Crippen LogP) is 1.94. The van der Waals surface area contributed by atoms with Gasteiger partial charge < -0.3 is 10.8 Å². The summed E-state index contributed by atoms with van der Waals surface area (Å²) >= 11 is 0. The van der Waals surface area contributed by atoms with Crippen LogP contribution in [0.3, 0.4) is 0 Å². The Bertz CT molecular complexity index is 397. The Morgan fingerprint density at radius 2 is 2.13 bits per heavy atom. The van der Waals surface area contributed by atoms with Gasteiger partial charge in [0.25, 0.3) is 0 Å². The van der Waals surface area contributed by atoms with Gasteiger partial charge in [-0.05, 0) is 25.0 Å². The Morgan fingerprint density at radius 3 is 2.67 bits per heavy atom. The number of carboxylic acids is 1. The van der Waals surface area contributed by atoms with Crippen molar-refractivity contribution >= 4 is 5.97 Å². The number of carbonyl (C=O) groups is 1. The van der Waals surface area contributed by atoms with E-state index in [-0.39, 0.29) is 6.04 Å². The molecule has 3 heteroatoms. The Hall–Kier alpha value is -1.61. The molecule has 0 spiro atoms. The molecule has 0 aliphatic rings. The van der Waals surface area contributed by atoms with Gasteiger partial charge in [-0.15, -0.1) is 0 Å². The van der Waals surface area contributed by atoms with Crippen molar-refractivity contribution in [1.82, 2.24) is 0 Å². The van der Waals surface area contributed by atoms with Crippen molar-refractivity contribution in [1.29, 1.82) is 0 Å². The largest absolute Gasteiger partial charge is 0.478 e. The summed E-state index contributed by atoms with van der Waals surface area (Å²) in [6, 6.07) is 5.57. The molecule has 0 aliphatic heterocycles. The van der Waals surface area contributed by atoms with Gasteiger partial charge in [0, 0.05) is 12.1 Å². The van der Waals surface area contributed by atoms with Crippen LogP contribution in [-0.2, 0) is 4.79 Å². The molecule has 1 aromatic carbocycles. The van der Waals surface area contributed by atoms with E-state index in [0.717, 1.165) is 17.2 Å². The highest BCUT2D eigenvalue weighted by molar-refractivity contribution is 5.79. The van der Waals surface area contributed by atoms with Crippen LogP contribution >= 0.6 is 0 Å². The minimum Gasteiger partial charge on any atom is -0.478 e. The lowest BCUT2D eigenvalue weighted by atomic mass is 9.99. The first kappa shape index (κ1) is 11.5. The number of nitrogens with two attached hydrogens (primary N) is 1. The van der Waals surface area contributed by atoms with Gasteiger partial charge in [0.05, 0.1) is 0 Å². The average Bonchev–Trinajstić information content (AvgIpc) is 2.14. The molecule has 1 rings (SSSR count). The second-order valence-electron chi connectivity index (χ2n) is 3.58. The number of carboxylic acid groups (broad SMARTS) is 1. The van der Waals surface area contributed by atoms with E-state index in [9.17, 15) is 4.79 Å². The molecular weight excluding hydrogens is 190 g/mol. The number of hydrogen-bond donors (Lipinski definition) is 2. The van der Waals surface area contributed by atoms with Crippen molar-refractivity contribution < 1.29 is 9.90 Å². The molecule has 3 nitrogen and oxygen atoms in total. The van der Waals surface area contributed by atoms with Crippen LogP contribution in [0.4, 0.5) is 0 Å².